The van der Waals surface area contributed by atoms with Crippen molar-refractivity contribution in [2.45, 2.75) is 39.8 Å². The van der Waals surface area contributed by atoms with Crippen molar-refractivity contribution in [3.05, 3.63) is 35.9 Å². The van der Waals surface area contributed by atoms with E-state index < -0.39 is 5.97 Å². The van der Waals surface area contributed by atoms with Gasteiger partial charge in [-0.2, -0.15) is 0 Å². The molecule has 0 bridgehead atoms. The van der Waals surface area contributed by atoms with E-state index in [0.717, 1.165) is 23.9 Å². The SMILES string of the molecule is CC(C)[NH+](CCOc1ccc(/C=C/C(=O)[O-])cc1)C(C)C. The highest BCUT2D eigenvalue weighted by molar-refractivity contribution is 5.83. The van der Waals surface area contributed by atoms with Gasteiger partial charge in [-0.05, 0) is 51.5 Å². The maximum Gasteiger partial charge on any atom is 0.137 e. The molecular weight excluding hydrogens is 266 g/mol. The van der Waals surface area contributed by atoms with Gasteiger partial charge in [0.05, 0.1) is 18.1 Å². The molecule has 0 radical (unpaired) electrons. The largest absolute Gasteiger partial charge is 0.545 e. The number of hydrogen-bond acceptors (Lipinski definition) is 3. The van der Waals surface area contributed by atoms with Crippen LogP contribution in [0.5, 0.6) is 5.75 Å². The van der Waals surface area contributed by atoms with E-state index in [9.17, 15) is 9.90 Å². The van der Waals surface area contributed by atoms with Gasteiger partial charge < -0.3 is 19.5 Å². The van der Waals surface area contributed by atoms with Crippen molar-refractivity contribution >= 4 is 12.0 Å². The normalized spacial score (nSPS) is 11.8. The first-order valence-electron chi connectivity index (χ1n) is 7.37. The first-order valence-corrected chi connectivity index (χ1v) is 7.37. The van der Waals surface area contributed by atoms with E-state index in [2.05, 4.69) is 27.7 Å². The van der Waals surface area contributed by atoms with Crippen LogP contribution in [0.2, 0.25) is 0 Å². The third-order valence-corrected chi connectivity index (χ3v) is 3.43. The number of nitrogens with one attached hydrogen (secondary N) is 1. The molecule has 0 aliphatic rings. The molecule has 0 aliphatic carbocycles. The van der Waals surface area contributed by atoms with Gasteiger partial charge in [0.15, 0.2) is 0 Å². The van der Waals surface area contributed by atoms with Crippen LogP contribution in [0.1, 0.15) is 33.3 Å². The number of rotatable bonds is 8. The molecule has 1 aromatic rings. The summed E-state index contributed by atoms with van der Waals surface area (Å²) >= 11 is 0. The van der Waals surface area contributed by atoms with Gasteiger partial charge in [0.25, 0.3) is 0 Å². The van der Waals surface area contributed by atoms with Gasteiger partial charge in [0, 0.05) is 0 Å². The van der Waals surface area contributed by atoms with E-state index in [1.165, 1.54) is 11.0 Å². The number of aliphatic carboxylic acids is 1. The van der Waals surface area contributed by atoms with E-state index in [-0.39, 0.29) is 0 Å². The second kappa shape index (κ2) is 8.47. The number of carbonyl (C=O) groups is 1. The molecule has 21 heavy (non-hydrogen) atoms. The van der Waals surface area contributed by atoms with Crippen molar-refractivity contribution in [1.29, 1.82) is 0 Å². The molecule has 0 unspecified atom stereocenters. The number of carboxylic acids is 1. The second-order valence-electron chi connectivity index (χ2n) is 5.70. The molecule has 0 atom stereocenters. The van der Waals surface area contributed by atoms with Crippen LogP contribution < -0.4 is 14.7 Å². The lowest BCUT2D eigenvalue weighted by atomic mass is 10.2. The number of ether oxygens (including phenoxy) is 1. The molecule has 4 heteroatoms. The molecule has 1 aromatic carbocycles. The smallest absolute Gasteiger partial charge is 0.137 e. The zero-order chi connectivity index (χ0) is 15.8. The highest BCUT2D eigenvalue weighted by atomic mass is 16.5. The standard InChI is InChI=1S/C17H25NO3/c1-13(2)18(14(3)4)11-12-21-16-8-5-15(6-9-16)7-10-17(19)20/h5-10,13-14H,11-12H2,1-4H3,(H,19,20)/b10-7+. The summed E-state index contributed by atoms with van der Waals surface area (Å²) in [6.45, 7) is 10.5. The number of hydrogen-bond donors (Lipinski definition) is 1. The van der Waals surface area contributed by atoms with Crippen molar-refractivity contribution in [3.63, 3.8) is 0 Å². The molecule has 0 fully saturated rings. The minimum absolute atomic E-state index is 0.575. The van der Waals surface area contributed by atoms with E-state index in [0.29, 0.717) is 18.7 Å². The van der Waals surface area contributed by atoms with Crippen LogP contribution in [-0.2, 0) is 4.79 Å². The predicted octanol–water partition coefficient (Wildman–Crippen LogP) is 0.530. The van der Waals surface area contributed by atoms with Crippen molar-refractivity contribution in [2.75, 3.05) is 13.2 Å². The molecule has 0 heterocycles. The van der Waals surface area contributed by atoms with Crippen LogP contribution in [0, 0.1) is 0 Å². The van der Waals surface area contributed by atoms with Crippen LogP contribution in [-0.4, -0.2) is 31.2 Å². The summed E-state index contributed by atoms with van der Waals surface area (Å²) in [5, 5.41) is 10.3. The first kappa shape index (κ1) is 17.2. The average molecular weight is 291 g/mol. The fourth-order valence-electron chi connectivity index (χ4n) is 2.37. The van der Waals surface area contributed by atoms with E-state index >= 15 is 0 Å². The molecule has 0 aromatic heterocycles. The molecule has 0 spiro atoms. The number of carboxylic acid groups (broad SMARTS) is 1. The summed E-state index contributed by atoms with van der Waals surface area (Å²) < 4.78 is 5.74. The van der Waals surface area contributed by atoms with Crippen molar-refractivity contribution in [2.24, 2.45) is 0 Å². The van der Waals surface area contributed by atoms with E-state index in [1.54, 1.807) is 0 Å². The zero-order valence-electron chi connectivity index (χ0n) is 13.3. The first-order chi connectivity index (χ1) is 9.90. The highest BCUT2D eigenvalue weighted by Gasteiger charge is 2.16. The Morgan fingerprint density at radius 3 is 2.24 bits per heavy atom. The third-order valence-electron chi connectivity index (χ3n) is 3.43. The third kappa shape index (κ3) is 6.45. The van der Waals surface area contributed by atoms with Crippen LogP contribution >= 0.6 is 0 Å². The average Bonchev–Trinajstić information content (AvgIpc) is 2.41. The molecule has 1 rings (SSSR count). The van der Waals surface area contributed by atoms with Crippen molar-refractivity contribution in [3.8, 4) is 5.75 Å². The molecular formula is C17H25NO3. The molecule has 0 saturated carbocycles. The summed E-state index contributed by atoms with van der Waals surface area (Å²) in [6, 6.07) is 8.49. The Labute approximate surface area is 127 Å². The fraction of sp³-hybridized carbons (Fsp3) is 0.471. The van der Waals surface area contributed by atoms with Gasteiger partial charge in [0.2, 0.25) is 0 Å². The lowest BCUT2D eigenvalue weighted by Gasteiger charge is -2.27. The Bertz CT molecular complexity index is 455. The van der Waals surface area contributed by atoms with Gasteiger partial charge in [-0.3, -0.25) is 0 Å². The van der Waals surface area contributed by atoms with Crippen molar-refractivity contribution in [1.82, 2.24) is 0 Å². The summed E-state index contributed by atoms with van der Waals surface area (Å²) in [6.07, 6.45) is 2.52. The predicted molar refractivity (Wildman–Crippen MR) is 82.1 cm³/mol. The van der Waals surface area contributed by atoms with Gasteiger partial charge in [-0.15, -0.1) is 0 Å². The summed E-state index contributed by atoms with van der Waals surface area (Å²) in [5.41, 5.74) is 0.808. The molecule has 1 N–H and O–H groups in total. The Hall–Kier alpha value is -1.81. The maximum absolute atomic E-state index is 10.3. The molecule has 0 aliphatic heterocycles. The number of benzene rings is 1. The minimum atomic E-state index is -1.19. The van der Waals surface area contributed by atoms with E-state index in [4.69, 9.17) is 4.74 Å². The number of quaternary nitrogens is 1. The van der Waals surface area contributed by atoms with Crippen LogP contribution in [0.4, 0.5) is 0 Å². The lowest BCUT2D eigenvalue weighted by molar-refractivity contribution is -0.942. The van der Waals surface area contributed by atoms with Gasteiger partial charge in [-0.25, -0.2) is 0 Å². The minimum Gasteiger partial charge on any atom is -0.545 e. The fourth-order valence-corrected chi connectivity index (χ4v) is 2.37. The summed E-state index contributed by atoms with van der Waals surface area (Å²) in [4.78, 5) is 11.8. The monoisotopic (exact) mass is 291 g/mol. The maximum atomic E-state index is 10.3. The van der Waals surface area contributed by atoms with E-state index in [1.807, 2.05) is 24.3 Å². The molecule has 0 amide bonds. The van der Waals surface area contributed by atoms with Gasteiger partial charge in [-0.1, -0.05) is 18.2 Å². The van der Waals surface area contributed by atoms with Crippen LogP contribution in [0.3, 0.4) is 0 Å². The Morgan fingerprint density at radius 2 is 1.76 bits per heavy atom. The topological polar surface area (TPSA) is 53.8 Å². The lowest BCUT2D eigenvalue weighted by Crippen LogP contribution is -3.18. The highest BCUT2D eigenvalue weighted by Crippen LogP contribution is 2.12. The molecule has 4 nitrogen and oxygen atoms in total. The van der Waals surface area contributed by atoms with Gasteiger partial charge >= 0.3 is 0 Å². The second-order valence-corrected chi connectivity index (χ2v) is 5.70. The Balaban J connectivity index is 2.47. The molecule has 0 saturated heterocycles. The molecule has 116 valence electrons. The quantitative estimate of drug-likeness (QED) is 0.711. The van der Waals surface area contributed by atoms with Crippen LogP contribution in [0.25, 0.3) is 6.08 Å². The van der Waals surface area contributed by atoms with Crippen LogP contribution in [0.15, 0.2) is 30.3 Å². The van der Waals surface area contributed by atoms with Crippen molar-refractivity contribution < 1.29 is 19.5 Å². The number of carbonyl (C=O) groups excluding carboxylic acids is 1. The Morgan fingerprint density at radius 1 is 1.19 bits per heavy atom. The summed E-state index contributed by atoms with van der Waals surface area (Å²) in [5.74, 6) is -0.395. The zero-order valence-corrected chi connectivity index (χ0v) is 13.3. The summed E-state index contributed by atoms with van der Waals surface area (Å²) in [7, 11) is 0. The van der Waals surface area contributed by atoms with Gasteiger partial charge in [0.1, 0.15) is 18.9 Å². The Kier molecular flexibility index (Phi) is 6.96.